The standard InChI is InChI=1S/C10H8F3IO2/c1-5(15)7-3-6(16-2)4-8(9(7)14)10(11,12)13/h3-4H,1-2H3. The quantitative estimate of drug-likeness (QED) is 0.606. The fourth-order valence-corrected chi connectivity index (χ4v) is 2.18. The highest BCUT2D eigenvalue weighted by Crippen LogP contribution is 2.37. The van der Waals surface area contributed by atoms with E-state index in [1.807, 2.05) is 0 Å². The summed E-state index contributed by atoms with van der Waals surface area (Å²) in [5, 5.41) is 0. The van der Waals surface area contributed by atoms with E-state index in [1.54, 1.807) is 0 Å². The van der Waals surface area contributed by atoms with Gasteiger partial charge in [0.15, 0.2) is 5.78 Å². The topological polar surface area (TPSA) is 26.3 Å². The zero-order chi connectivity index (χ0) is 12.5. The second kappa shape index (κ2) is 4.60. The molecule has 1 rings (SSSR count). The molecule has 88 valence electrons. The Balaban J connectivity index is 3.50. The number of rotatable bonds is 2. The summed E-state index contributed by atoms with van der Waals surface area (Å²) < 4.78 is 42.6. The van der Waals surface area contributed by atoms with Crippen molar-refractivity contribution in [1.82, 2.24) is 0 Å². The van der Waals surface area contributed by atoms with Crippen molar-refractivity contribution in [2.45, 2.75) is 13.1 Å². The van der Waals surface area contributed by atoms with Gasteiger partial charge in [0.05, 0.1) is 12.7 Å². The lowest BCUT2D eigenvalue weighted by molar-refractivity contribution is -0.138. The van der Waals surface area contributed by atoms with Crippen molar-refractivity contribution in [2.75, 3.05) is 7.11 Å². The number of hydrogen-bond donors (Lipinski definition) is 0. The minimum atomic E-state index is -4.49. The lowest BCUT2D eigenvalue weighted by Crippen LogP contribution is -2.11. The summed E-state index contributed by atoms with van der Waals surface area (Å²) in [5.41, 5.74) is -0.829. The van der Waals surface area contributed by atoms with Crippen LogP contribution in [0.2, 0.25) is 0 Å². The Bertz CT molecular complexity index is 427. The van der Waals surface area contributed by atoms with Crippen LogP contribution in [-0.4, -0.2) is 12.9 Å². The van der Waals surface area contributed by atoms with Crippen LogP contribution >= 0.6 is 22.6 Å². The molecular formula is C10H8F3IO2. The van der Waals surface area contributed by atoms with Crippen LogP contribution < -0.4 is 4.74 Å². The van der Waals surface area contributed by atoms with Gasteiger partial charge in [0.2, 0.25) is 0 Å². The van der Waals surface area contributed by atoms with E-state index in [1.165, 1.54) is 42.7 Å². The predicted molar refractivity (Wildman–Crippen MR) is 60.7 cm³/mol. The number of hydrogen-bond acceptors (Lipinski definition) is 2. The third kappa shape index (κ3) is 2.66. The van der Waals surface area contributed by atoms with Crippen molar-refractivity contribution in [2.24, 2.45) is 0 Å². The normalized spacial score (nSPS) is 11.4. The zero-order valence-corrected chi connectivity index (χ0v) is 10.6. The fraction of sp³-hybridized carbons (Fsp3) is 0.300. The molecule has 2 nitrogen and oxygen atoms in total. The third-order valence-electron chi connectivity index (χ3n) is 1.97. The Morgan fingerprint density at radius 3 is 2.31 bits per heavy atom. The van der Waals surface area contributed by atoms with E-state index >= 15 is 0 Å². The van der Waals surface area contributed by atoms with Crippen LogP contribution in [0, 0.1) is 3.57 Å². The lowest BCUT2D eigenvalue weighted by atomic mass is 10.1. The van der Waals surface area contributed by atoms with Crippen molar-refractivity contribution in [3.8, 4) is 5.75 Å². The van der Waals surface area contributed by atoms with Crippen LogP contribution in [0.4, 0.5) is 13.2 Å². The predicted octanol–water partition coefficient (Wildman–Crippen LogP) is 3.52. The fourth-order valence-electron chi connectivity index (χ4n) is 1.18. The number of ether oxygens (including phenoxy) is 1. The van der Waals surface area contributed by atoms with Crippen molar-refractivity contribution >= 4 is 28.4 Å². The molecule has 0 saturated carbocycles. The highest BCUT2D eigenvalue weighted by atomic mass is 127. The molecule has 1 aromatic rings. The van der Waals surface area contributed by atoms with Crippen LogP contribution in [0.1, 0.15) is 22.8 Å². The summed E-state index contributed by atoms with van der Waals surface area (Å²) in [5.74, 6) is -0.397. The van der Waals surface area contributed by atoms with Gasteiger partial charge in [0.25, 0.3) is 0 Å². The first-order valence-electron chi connectivity index (χ1n) is 4.23. The summed E-state index contributed by atoms with van der Waals surface area (Å²) in [6, 6.07) is 2.19. The molecule has 0 N–H and O–H groups in total. The van der Waals surface area contributed by atoms with Gasteiger partial charge < -0.3 is 4.74 Å². The monoisotopic (exact) mass is 344 g/mol. The molecule has 0 atom stereocenters. The van der Waals surface area contributed by atoms with Crippen LogP contribution in [0.5, 0.6) is 5.75 Å². The maximum absolute atomic E-state index is 12.6. The van der Waals surface area contributed by atoms with Gasteiger partial charge in [-0.3, -0.25) is 4.79 Å². The highest BCUT2D eigenvalue weighted by Gasteiger charge is 2.35. The van der Waals surface area contributed by atoms with E-state index in [2.05, 4.69) is 0 Å². The van der Waals surface area contributed by atoms with Crippen molar-refractivity contribution in [3.05, 3.63) is 26.8 Å². The van der Waals surface area contributed by atoms with Gasteiger partial charge in [-0.2, -0.15) is 13.2 Å². The van der Waals surface area contributed by atoms with Crippen LogP contribution in [0.15, 0.2) is 12.1 Å². The Labute approximate surface area is 104 Å². The molecule has 0 unspecified atom stereocenters. The molecule has 0 aliphatic heterocycles. The first-order valence-corrected chi connectivity index (χ1v) is 5.31. The highest BCUT2D eigenvalue weighted by molar-refractivity contribution is 14.1. The van der Waals surface area contributed by atoms with Crippen molar-refractivity contribution in [1.29, 1.82) is 0 Å². The lowest BCUT2D eigenvalue weighted by Gasteiger charge is -2.13. The average molecular weight is 344 g/mol. The molecule has 0 aromatic heterocycles. The number of benzene rings is 1. The van der Waals surface area contributed by atoms with Crippen molar-refractivity contribution < 1.29 is 22.7 Å². The number of methoxy groups -OCH3 is 1. The molecule has 0 saturated heterocycles. The Morgan fingerprint density at radius 2 is 1.94 bits per heavy atom. The summed E-state index contributed by atoms with van der Waals surface area (Å²) in [7, 11) is 1.26. The summed E-state index contributed by atoms with van der Waals surface area (Å²) in [6.45, 7) is 1.22. The molecule has 6 heteroatoms. The number of halogens is 4. The van der Waals surface area contributed by atoms with Gasteiger partial charge in [-0.15, -0.1) is 0 Å². The number of Topliss-reactive ketones (excluding diaryl/α,β-unsaturated/α-hetero) is 1. The van der Waals surface area contributed by atoms with Gasteiger partial charge in [-0.1, -0.05) is 0 Å². The van der Waals surface area contributed by atoms with Gasteiger partial charge >= 0.3 is 6.18 Å². The van der Waals surface area contributed by atoms with Gasteiger partial charge in [0, 0.05) is 9.13 Å². The maximum atomic E-state index is 12.6. The first-order chi connectivity index (χ1) is 7.27. The molecule has 16 heavy (non-hydrogen) atoms. The van der Waals surface area contributed by atoms with E-state index in [0.29, 0.717) is 0 Å². The number of alkyl halides is 3. The molecule has 0 aliphatic rings. The van der Waals surface area contributed by atoms with E-state index in [4.69, 9.17) is 4.74 Å². The smallest absolute Gasteiger partial charge is 0.417 e. The van der Waals surface area contributed by atoms with Gasteiger partial charge in [0.1, 0.15) is 5.75 Å². The Hall–Kier alpha value is -0.790. The van der Waals surface area contributed by atoms with Crippen molar-refractivity contribution in [3.63, 3.8) is 0 Å². The molecule has 1 aromatic carbocycles. The van der Waals surface area contributed by atoms with Crippen LogP contribution in [-0.2, 0) is 6.18 Å². The number of carbonyl (C=O) groups is 1. The summed E-state index contributed by atoms with van der Waals surface area (Å²) >= 11 is 1.52. The SMILES string of the molecule is COc1cc(C(C)=O)c(I)c(C(F)(F)F)c1. The molecule has 0 aliphatic carbocycles. The molecule has 0 amide bonds. The van der Waals surface area contributed by atoms with Gasteiger partial charge in [-0.05, 0) is 41.6 Å². The summed E-state index contributed by atoms with van der Waals surface area (Å²) in [6.07, 6.45) is -4.49. The second-order valence-corrected chi connectivity index (χ2v) is 4.17. The van der Waals surface area contributed by atoms with E-state index in [-0.39, 0.29) is 14.9 Å². The molecule has 0 fully saturated rings. The largest absolute Gasteiger partial charge is 0.497 e. The minimum Gasteiger partial charge on any atom is -0.497 e. The number of carbonyl (C=O) groups excluding carboxylic acids is 1. The molecular weight excluding hydrogens is 336 g/mol. The molecule has 0 radical (unpaired) electrons. The van der Waals surface area contributed by atoms with Gasteiger partial charge in [-0.25, -0.2) is 0 Å². The Morgan fingerprint density at radius 1 is 1.38 bits per heavy atom. The second-order valence-electron chi connectivity index (χ2n) is 3.09. The first kappa shape index (κ1) is 13.3. The average Bonchev–Trinajstić information content (AvgIpc) is 2.15. The van der Waals surface area contributed by atoms with E-state index in [0.717, 1.165) is 6.07 Å². The maximum Gasteiger partial charge on any atom is 0.417 e. The van der Waals surface area contributed by atoms with Crippen LogP contribution in [0.25, 0.3) is 0 Å². The van der Waals surface area contributed by atoms with E-state index < -0.39 is 17.5 Å². The Kier molecular flexibility index (Phi) is 3.82. The van der Waals surface area contributed by atoms with Crippen LogP contribution in [0.3, 0.4) is 0 Å². The molecule has 0 heterocycles. The third-order valence-corrected chi connectivity index (χ3v) is 3.13. The summed E-state index contributed by atoms with van der Waals surface area (Å²) in [4.78, 5) is 11.2. The zero-order valence-electron chi connectivity index (χ0n) is 8.48. The minimum absolute atomic E-state index is 0.0206. The van der Waals surface area contributed by atoms with E-state index in [9.17, 15) is 18.0 Å². The number of ketones is 1. The molecule has 0 spiro atoms. The molecule has 0 bridgehead atoms.